The first-order chi connectivity index (χ1) is 15.4. The molecular weight excluding hydrogens is 410 g/mol. The van der Waals surface area contributed by atoms with Crippen LogP contribution in [-0.4, -0.2) is 57.0 Å². The van der Waals surface area contributed by atoms with Crippen LogP contribution in [0, 0.1) is 0 Å². The maximum Gasteiger partial charge on any atom is 0.231 e. The number of aliphatic hydroxyl groups excluding tert-OH is 1. The second-order valence-electron chi connectivity index (χ2n) is 9.02. The van der Waals surface area contributed by atoms with Gasteiger partial charge >= 0.3 is 0 Å². The molecule has 4 rings (SSSR count). The smallest absolute Gasteiger partial charge is 0.231 e. The Bertz CT molecular complexity index is 1020. The summed E-state index contributed by atoms with van der Waals surface area (Å²) in [6, 6.07) is 7.75. The van der Waals surface area contributed by atoms with Crippen molar-refractivity contribution in [3.8, 4) is 23.0 Å². The number of hydrogen-bond donors (Lipinski definition) is 1. The number of ketones is 1. The Hall–Kier alpha value is -2.77. The number of fused-ring (bicyclic) bond motifs is 2. The number of hydrogen-bond acceptors (Lipinski definition) is 6. The minimum atomic E-state index is -0.134. The standard InChI is InChI=1S/C25H32NO6/c1-26(2)10-9-17-12-23-25(32-15-31-23)19(14-27)24(17)20(26)13-18(28)7-5-16-6-8-21(29-3)22(11-16)30-4/h6,8,11-12,20,27H,5,7,9-10,13-15H2,1-4H3/q+1. The van der Waals surface area contributed by atoms with Crippen LogP contribution in [0.15, 0.2) is 24.3 Å². The second kappa shape index (κ2) is 9.00. The first-order valence-electron chi connectivity index (χ1n) is 11.0. The third kappa shape index (κ3) is 4.14. The van der Waals surface area contributed by atoms with Crippen molar-refractivity contribution in [2.24, 2.45) is 0 Å². The van der Waals surface area contributed by atoms with Gasteiger partial charge in [-0.1, -0.05) is 6.07 Å². The summed E-state index contributed by atoms with van der Waals surface area (Å²) in [7, 11) is 7.52. The lowest BCUT2D eigenvalue weighted by atomic mass is 9.83. The molecule has 0 saturated carbocycles. The van der Waals surface area contributed by atoms with Gasteiger partial charge in [0.15, 0.2) is 23.0 Å². The number of carbonyl (C=O) groups excluding carboxylic acids is 1. The van der Waals surface area contributed by atoms with Gasteiger partial charge in [0.25, 0.3) is 0 Å². The summed E-state index contributed by atoms with van der Waals surface area (Å²) in [4.78, 5) is 13.1. The van der Waals surface area contributed by atoms with Gasteiger partial charge in [0.2, 0.25) is 6.79 Å². The summed E-state index contributed by atoms with van der Waals surface area (Å²) in [6.45, 7) is 0.953. The van der Waals surface area contributed by atoms with E-state index in [0.29, 0.717) is 46.7 Å². The normalized spacial score (nSPS) is 18.2. The Balaban J connectivity index is 1.54. The van der Waals surface area contributed by atoms with E-state index in [1.165, 1.54) is 0 Å². The SMILES string of the molecule is COc1ccc(CCC(=O)CC2c3c(cc4c(c3CO)OCO4)CC[N+]2(C)C)cc1OC. The highest BCUT2D eigenvalue weighted by molar-refractivity contribution is 5.79. The third-order valence-corrected chi connectivity index (χ3v) is 6.75. The van der Waals surface area contributed by atoms with E-state index in [0.717, 1.165) is 35.2 Å². The van der Waals surface area contributed by atoms with Crippen molar-refractivity contribution >= 4 is 5.78 Å². The Morgan fingerprint density at radius 3 is 2.66 bits per heavy atom. The topological polar surface area (TPSA) is 74.2 Å². The average molecular weight is 443 g/mol. The number of aryl methyl sites for hydroxylation is 1. The van der Waals surface area contributed by atoms with Crippen molar-refractivity contribution in [3.63, 3.8) is 0 Å². The molecule has 0 radical (unpaired) electrons. The van der Waals surface area contributed by atoms with Gasteiger partial charge in [-0.25, -0.2) is 0 Å². The van der Waals surface area contributed by atoms with E-state index in [1.807, 2.05) is 24.3 Å². The zero-order chi connectivity index (χ0) is 22.9. The monoisotopic (exact) mass is 442 g/mol. The van der Waals surface area contributed by atoms with Crippen molar-refractivity contribution in [2.45, 2.75) is 38.3 Å². The van der Waals surface area contributed by atoms with Crippen molar-refractivity contribution in [3.05, 3.63) is 46.5 Å². The molecule has 0 amide bonds. The Labute approximate surface area is 189 Å². The number of benzene rings is 2. The molecule has 2 heterocycles. The number of Topliss-reactive ketones (excluding diaryl/α,β-unsaturated/α-hetero) is 1. The van der Waals surface area contributed by atoms with Gasteiger partial charge in [-0.2, -0.15) is 0 Å². The molecule has 0 bridgehead atoms. The van der Waals surface area contributed by atoms with Crippen LogP contribution < -0.4 is 18.9 Å². The van der Waals surface area contributed by atoms with Gasteiger partial charge in [0, 0.05) is 24.0 Å². The number of quaternary nitrogens is 1. The maximum atomic E-state index is 13.1. The van der Waals surface area contributed by atoms with Gasteiger partial charge in [0.1, 0.15) is 11.8 Å². The Morgan fingerprint density at radius 1 is 1.16 bits per heavy atom. The van der Waals surface area contributed by atoms with Crippen molar-refractivity contribution in [1.82, 2.24) is 0 Å². The Morgan fingerprint density at radius 2 is 1.94 bits per heavy atom. The number of ether oxygens (including phenoxy) is 4. The maximum absolute atomic E-state index is 13.1. The molecule has 1 N–H and O–H groups in total. The third-order valence-electron chi connectivity index (χ3n) is 6.75. The molecule has 7 nitrogen and oxygen atoms in total. The van der Waals surface area contributed by atoms with E-state index in [9.17, 15) is 9.90 Å². The average Bonchev–Trinajstić information content (AvgIpc) is 3.26. The van der Waals surface area contributed by atoms with Gasteiger partial charge in [-0.05, 0) is 35.7 Å². The van der Waals surface area contributed by atoms with Gasteiger partial charge < -0.3 is 28.5 Å². The quantitative estimate of drug-likeness (QED) is 0.633. The summed E-state index contributed by atoms with van der Waals surface area (Å²) >= 11 is 0. The highest BCUT2D eigenvalue weighted by Gasteiger charge is 2.41. The fourth-order valence-electron chi connectivity index (χ4n) is 4.86. The van der Waals surface area contributed by atoms with E-state index in [-0.39, 0.29) is 25.2 Å². The van der Waals surface area contributed by atoms with Crippen LogP contribution >= 0.6 is 0 Å². The van der Waals surface area contributed by atoms with Gasteiger partial charge in [-0.3, -0.25) is 4.79 Å². The molecule has 2 aromatic carbocycles. The van der Waals surface area contributed by atoms with Gasteiger partial charge in [0.05, 0.1) is 47.9 Å². The molecule has 2 aromatic rings. The predicted octanol–water partition coefficient (Wildman–Crippen LogP) is 3.19. The molecule has 0 aliphatic carbocycles. The molecule has 172 valence electrons. The minimum absolute atomic E-state index is 0.0340. The van der Waals surface area contributed by atoms with Crippen LogP contribution in [-0.2, 0) is 24.2 Å². The summed E-state index contributed by atoms with van der Waals surface area (Å²) in [5.74, 6) is 2.86. The lowest BCUT2D eigenvalue weighted by Gasteiger charge is -2.43. The summed E-state index contributed by atoms with van der Waals surface area (Å²) in [6.07, 6.45) is 2.38. The van der Waals surface area contributed by atoms with Crippen LogP contribution in [0.3, 0.4) is 0 Å². The number of methoxy groups -OCH3 is 2. The fourth-order valence-corrected chi connectivity index (χ4v) is 4.86. The molecule has 2 aliphatic heterocycles. The molecule has 7 heteroatoms. The molecule has 2 aliphatic rings. The van der Waals surface area contributed by atoms with E-state index in [4.69, 9.17) is 18.9 Å². The van der Waals surface area contributed by atoms with Crippen LogP contribution in [0.1, 0.15) is 41.1 Å². The molecule has 0 saturated heterocycles. The minimum Gasteiger partial charge on any atom is -0.493 e. The summed E-state index contributed by atoms with van der Waals surface area (Å²) in [5.41, 5.74) is 3.99. The summed E-state index contributed by atoms with van der Waals surface area (Å²) in [5, 5.41) is 10.2. The largest absolute Gasteiger partial charge is 0.493 e. The van der Waals surface area contributed by atoms with Crippen molar-refractivity contribution in [1.29, 1.82) is 0 Å². The molecule has 0 aromatic heterocycles. The molecule has 1 atom stereocenters. The van der Waals surface area contributed by atoms with E-state index < -0.39 is 0 Å². The number of carbonyl (C=O) groups is 1. The number of rotatable bonds is 8. The van der Waals surface area contributed by atoms with Crippen molar-refractivity contribution < 1.29 is 33.3 Å². The second-order valence-corrected chi connectivity index (χ2v) is 9.02. The highest BCUT2D eigenvalue weighted by Crippen LogP contribution is 2.47. The molecule has 32 heavy (non-hydrogen) atoms. The van der Waals surface area contributed by atoms with E-state index in [2.05, 4.69) is 14.1 Å². The van der Waals surface area contributed by atoms with Crippen LogP contribution in [0.2, 0.25) is 0 Å². The number of aliphatic hydroxyl groups is 1. The molecule has 1 unspecified atom stereocenters. The van der Waals surface area contributed by atoms with Gasteiger partial charge in [-0.15, -0.1) is 0 Å². The Kier molecular flexibility index (Phi) is 6.31. The fraction of sp³-hybridized carbons (Fsp3) is 0.480. The van der Waals surface area contributed by atoms with E-state index >= 15 is 0 Å². The molecule has 0 spiro atoms. The van der Waals surface area contributed by atoms with Crippen LogP contribution in [0.4, 0.5) is 0 Å². The number of nitrogens with zero attached hydrogens (tertiary/aromatic N) is 1. The predicted molar refractivity (Wildman–Crippen MR) is 119 cm³/mol. The van der Waals surface area contributed by atoms with Crippen LogP contribution in [0.5, 0.6) is 23.0 Å². The first kappa shape index (κ1) is 22.4. The van der Waals surface area contributed by atoms with Crippen LogP contribution in [0.25, 0.3) is 0 Å². The highest BCUT2D eigenvalue weighted by atomic mass is 16.7. The molecular formula is C25H32NO6+. The lowest BCUT2D eigenvalue weighted by molar-refractivity contribution is -0.922. The lowest BCUT2D eigenvalue weighted by Crippen LogP contribution is -2.49. The summed E-state index contributed by atoms with van der Waals surface area (Å²) < 4.78 is 22.6. The zero-order valence-electron chi connectivity index (χ0n) is 19.3. The van der Waals surface area contributed by atoms with Crippen molar-refractivity contribution in [2.75, 3.05) is 41.7 Å². The molecule has 0 fully saturated rings. The number of likely N-dealkylation sites (N-methyl/N-ethyl adjacent to an activating group) is 1. The first-order valence-corrected chi connectivity index (χ1v) is 11.0. The van der Waals surface area contributed by atoms with E-state index in [1.54, 1.807) is 14.2 Å². The zero-order valence-corrected chi connectivity index (χ0v) is 19.3.